The van der Waals surface area contributed by atoms with Gasteiger partial charge < -0.3 is 15.6 Å². The Bertz CT molecular complexity index is 1020. The molecule has 0 bridgehead atoms. The van der Waals surface area contributed by atoms with Crippen LogP contribution < -0.4 is 10.5 Å². The van der Waals surface area contributed by atoms with E-state index in [0.717, 1.165) is 16.7 Å². The van der Waals surface area contributed by atoms with Gasteiger partial charge in [0.1, 0.15) is 17.9 Å². The van der Waals surface area contributed by atoms with Crippen molar-refractivity contribution in [1.29, 1.82) is 0 Å². The van der Waals surface area contributed by atoms with E-state index in [-0.39, 0.29) is 6.42 Å². The fourth-order valence-electron chi connectivity index (χ4n) is 3.33. The third-order valence-electron chi connectivity index (χ3n) is 4.83. The Hall–Kier alpha value is -3.11. The van der Waals surface area contributed by atoms with Crippen LogP contribution in [0.3, 0.4) is 0 Å². The Kier molecular flexibility index (Phi) is 3.98. The molecule has 0 radical (unpaired) electrons. The number of carbonyl (C=O) groups is 1. The lowest BCUT2D eigenvalue weighted by Gasteiger charge is -2.26. The minimum Gasteiger partial charge on any atom is -0.489 e. The molecule has 0 aliphatic heterocycles. The second kappa shape index (κ2) is 6.32. The number of carboxylic acid groups (broad SMARTS) is 1. The van der Waals surface area contributed by atoms with Crippen molar-refractivity contribution in [1.82, 2.24) is 0 Å². The highest BCUT2D eigenvalue weighted by atomic mass is 16.5. The standard InChI is InChI=1S/C22H19NO3/c23-22(21(24)25)11-10-15-8-9-19(12-18(15)13-22)26-14-17-6-3-5-16-4-1-2-7-20(16)17/h1-12H,13-14,23H2,(H,24,25)/t22-/m0/s1. The molecule has 130 valence electrons. The van der Waals surface area contributed by atoms with E-state index in [1.54, 1.807) is 12.2 Å². The molecule has 0 fully saturated rings. The molecule has 0 saturated carbocycles. The SMILES string of the molecule is N[C@@]1(C(=O)O)C=Cc2ccc(OCc3cccc4ccccc34)cc2C1. The lowest BCUT2D eigenvalue weighted by molar-refractivity contribution is -0.141. The zero-order valence-electron chi connectivity index (χ0n) is 14.2. The molecule has 0 unspecified atom stereocenters. The van der Waals surface area contributed by atoms with Crippen molar-refractivity contribution in [3.05, 3.63) is 83.4 Å². The molecule has 4 heteroatoms. The quantitative estimate of drug-likeness (QED) is 0.755. The topological polar surface area (TPSA) is 72.6 Å². The maximum Gasteiger partial charge on any atom is 0.328 e. The van der Waals surface area contributed by atoms with Crippen molar-refractivity contribution < 1.29 is 14.6 Å². The van der Waals surface area contributed by atoms with Gasteiger partial charge in [-0.3, -0.25) is 0 Å². The van der Waals surface area contributed by atoms with Crippen LogP contribution in [0, 0.1) is 0 Å². The summed E-state index contributed by atoms with van der Waals surface area (Å²) in [6.45, 7) is 0.447. The van der Waals surface area contributed by atoms with Gasteiger partial charge in [-0.1, -0.05) is 60.7 Å². The van der Waals surface area contributed by atoms with Crippen molar-refractivity contribution in [3.8, 4) is 5.75 Å². The number of nitrogens with two attached hydrogens (primary N) is 1. The summed E-state index contributed by atoms with van der Waals surface area (Å²) in [5, 5.41) is 11.7. The van der Waals surface area contributed by atoms with Gasteiger partial charge in [0.2, 0.25) is 0 Å². The van der Waals surface area contributed by atoms with Crippen LogP contribution in [-0.2, 0) is 17.8 Å². The van der Waals surface area contributed by atoms with Crippen LogP contribution in [0.1, 0.15) is 16.7 Å². The lowest BCUT2D eigenvalue weighted by atomic mass is 9.84. The molecule has 3 aromatic carbocycles. The Morgan fingerprint density at radius 2 is 1.92 bits per heavy atom. The van der Waals surface area contributed by atoms with Crippen LogP contribution in [0.2, 0.25) is 0 Å². The van der Waals surface area contributed by atoms with Crippen LogP contribution >= 0.6 is 0 Å². The molecule has 0 amide bonds. The molecule has 0 aromatic heterocycles. The first-order chi connectivity index (χ1) is 12.5. The summed E-state index contributed by atoms with van der Waals surface area (Å²) in [4.78, 5) is 11.4. The number of hydrogen-bond donors (Lipinski definition) is 2. The molecule has 3 aromatic rings. The highest BCUT2D eigenvalue weighted by molar-refractivity contribution is 5.86. The third kappa shape index (κ3) is 2.95. The van der Waals surface area contributed by atoms with E-state index < -0.39 is 11.5 Å². The van der Waals surface area contributed by atoms with E-state index in [9.17, 15) is 9.90 Å². The Morgan fingerprint density at radius 3 is 2.77 bits per heavy atom. The van der Waals surface area contributed by atoms with Gasteiger partial charge in [-0.05, 0) is 39.6 Å². The number of rotatable bonds is 4. The van der Waals surface area contributed by atoms with E-state index in [1.165, 1.54) is 10.8 Å². The van der Waals surface area contributed by atoms with Gasteiger partial charge in [-0.25, -0.2) is 4.79 Å². The van der Waals surface area contributed by atoms with E-state index in [1.807, 2.05) is 36.4 Å². The average Bonchev–Trinajstić information content (AvgIpc) is 2.66. The highest BCUT2D eigenvalue weighted by Gasteiger charge is 2.34. The monoisotopic (exact) mass is 345 g/mol. The van der Waals surface area contributed by atoms with Gasteiger partial charge in [0.25, 0.3) is 0 Å². The van der Waals surface area contributed by atoms with Crippen LogP contribution in [0.25, 0.3) is 16.8 Å². The minimum atomic E-state index is -1.36. The molecule has 4 nitrogen and oxygen atoms in total. The van der Waals surface area contributed by atoms with Crippen molar-refractivity contribution in [2.45, 2.75) is 18.6 Å². The predicted molar refractivity (Wildman–Crippen MR) is 102 cm³/mol. The van der Waals surface area contributed by atoms with Crippen molar-refractivity contribution in [2.24, 2.45) is 5.73 Å². The maximum absolute atomic E-state index is 11.4. The van der Waals surface area contributed by atoms with Crippen molar-refractivity contribution in [2.75, 3.05) is 0 Å². The van der Waals surface area contributed by atoms with Crippen molar-refractivity contribution >= 4 is 22.8 Å². The number of ether oxygens (including phenoxy) is 1. The Balaban J connectivity index is 1.57. The summed E-state index contributed by atoms with van der Waals surface area (Å²) >= 11 is 0. The van der Waals surface area contributed by atoms with E-state index in [2.05, 4.69) is 24.3 Å². The average molecular weight is 345 g/mol. The molecule has 1 atom stereocenters. The van der Waals surface area contributed by atoms with Crippen molar-refractivity contribution in [3.63, 3.8) is 0 Å². The fourth-order valence-corrected chi connectivity index (χ4v) is 3.33. The summed E-state index contributed by atoms with van der Waals surface area (Å²) < 4.78 is 5.98. The molecule has 26 heavy (non-hydrogen) atoms. The summed E-state index contributed by atoms with van der Waals surface area (Å²) in [5.74, 6) is -0.318. The van der Waals surface area contributed by atoms with Crippen LogP contribution in [-0.4, -0.2) is 16.6 Å². The first kappa shape index (κ1) is 16.4. The smallest absolute Gasteiger partial charge is 0.328 e. The van der Waals surface area contributed by atoms with Crippen LogP contribution in [0.5, 0.6) is 5.75 Å². The highest BCUT2D eigenvalue weighted by Crippen LogP contribution is 2.29. The zero-order valence-corrected chi connectivity index (χ0v) is 14.2. The number of hydrogen-bond acceptors (Lipinski definition) is 3. The predicted octanol–water partition coefficient (Wildman–Crippen LogP) is 3.77. The largest absolute Gasteiger partial charge is 0.489 e. The van der Waals surface area contributed by atoms with Gasteiger partial charge >= 0.3 is 5.97 Å². The van der Waals surface area contributed by atoms with Gasteiger partial charge in [0.05, 0.1) is 0 Å². The van der Waals surface area contributed by atoms with E-state index in [0.29, 0.717) is 12.4 Å². The van der Waals surface area contributed by atoms with Crippen LogP contribution in [0.15, 0.2) is 66.7 Å². The van der Waals surface area contributed by atoms with Gasteiger partial charge in [-0.15, -0.1) is 0 Å². The summed E-state index contributed by atoms with van der Waals surface area (Å²) in [7, 11) is 0. The van der Waals surface area contributed by atoms with Gasteiger partial charge in [0.15, 0.2) is 0 Å². The first-order valence-electron chi connectivity index (χ1n) is 8.49. The molecule has 1 aliphatic rings. The summed E-state index contributed by atoms with van der Waals surface area (Å²) in [6, 6.07) is 20.1. The number of aliphatic carboxylic acids is 1. The molecular formula is C22H19NO3. The molecule has 0 heterocycles. The second-order valence-electron chi connectivity index (χ2n) is 6.64. The molecule has 0 spiro atoms. The number of benzene rings is 3. The zero-order chi connectivity index (χ0) is 18.1. The summed E-state index contributed by atoms with van der Waals surface area (Å²) in [5.41, 5.74) is 7.58. The lowest BCUT2D eigenvalue weighted by Crippen LogP contribution is -2.49. The van der Waals surface area contributed by atoms with Crippen LogP contribution in [0.4, 0.5) is 0 Å². The normalized spacial score (nSPS) is 18.5. The Morgan fingerprint density at radius 1 is 1.12 bits per heavy atom. The molecular weight excluding hydrogens is 326 g/mol. The molecule has 1 aliphatic carbocycles. The van der Waals surface area contributed by atoms with E-state index >= 15 is 0 Å². The third-order valence-corrected chi connectivity index (χ3v) is 4.83. The Labute approximate surface area is 151 Å². The van der Waals surface area contributed by atoms with E-state index in [4.69, 9.17) is 10.5 Å². The second-order valence-corrected chi connectivity index (χ2v) is 6.64. The molecule has 3 N–H and O–H groups in total. The minimum absolute atomic E-state index is 0.250. The number of fused-ring (bicyclic) bond motifs is 2. The molecule has 0 saturated heterocycles. The maximum atomic E-state index is 11.4. The summed E-state index contributed by atoms with van der Waals surface area (Å²) in [6.07, 6.45) is 3.56. The molecule has 4 rings (SSSR count). The van der Waals surface area contributed by atoms with Gasteiger partial charge in [0, 0.05) is 6.42 Å². The first-order valence-corrected chi connectivity index (χ1v) is 8.49. The van der Waals surface area contributed by atoms with Gasteiger partial charge in [-0.2, -0.15) is 0 Å². The fraction of sp³-hybridized carbons (Fsp3) is 0.136. The number of carboxylic acids is 1.